The number of methoxy groups -OCH3 is 1. The maximum Gasteiger partial charge on any atom is 0.407 e. The molecule has 3 rings (SSSR count). The first-order chi connectivity index (χ1) is 17.8. The number of carbonyl (C=O) groups is 3. The standard InChI is InChI=1S/C27H40N6O5.ClH/c1-26(2,11-19(28)21(34)13-30-24(36)27(3,4)22-14-29-16-31-22)12-23(35)33-15-18(32-25(37)38-5)10-17-8-6-7-9-20(17)33;/h6-9,14,16,18-19,21,34H,10-13,15,28H2,1-5H3,(H,29,31)(H,30,36)(H,32,37);1H/t18?,19-,21-;/m0./s1. The molecule has 12 heteroatoms. The molecule has 1 unspecified atom stereocenters. The van der Waals surface area contributed by atoms with E-state index in [-0.39, 0.29) is 43.2 Å². The molecular weight excluding hydrogens is 524 g/mol. The molecule has 1 aromatic heterocycles. The van der Waals surface area contributed by atoms with Crippen molar-refractivity contribution in [2.24, 2.45) is 11.1 Å². The lowest BCUT2D eigenvalue weighted by Crippen LogP contribution is -2.51. The summed E-state index contributed by atoms with van der Waals surface area (Å²) in [5, 5.41) is 16.2. The van der Waals surface area contributed by atoms with Crippen molar-refractivity contribution in [1.29, 1.82) is 0 Å². The Kier molecular flexibility index (Phi) is 10.9. The van der Waals surface area contributed by atoms with Crippen LogP contribution < -0.4 is 21.3 Å². The maximum absolute atomic E-state index is 13.5. The van der Waals surface area contributed by atoms with Crippen molar-refractivity contribution >= 4 is 36.0 Å². The van der Waals surface area contributed by atoms with Crippen LogP contribution in [0.4, 0.5) is 10.5 Å². The van der Waals surface area contributed by atoms with E-state index in [4.69, 9.17) is 10.5 Å². The Labute approximate surface area is 235 Å². The van der Waals surface area contributed by atoms with Gasteiger partial charge in [-0.05, 0) is 43.7 Å². The second kappa shape index (κ2) is 13.3. The van der Waals surface area contributed by atoms with Crippen LogP contribution in [0.2, 0.25) is 0 Å². The normalized spacial score (nSPS) is 16.8. The van der Waals surface area contributed by atoms with Gasteiger partial charge in [-0.3, -0.25) is 9.59 Å². The number of aliphatic hydroxyl groups is 1. The molecule has 216 valence electrons. The zero-order valence-corrected chi connectivity index (χ0v) is 24.0. The molecule has 6 N–H and O–H groups in total. The van der Waals surface area contributed by atoms with E-state index in [0.717, 1.165) is 11.3 Å². The van der Waals surface area contributed by atoms with Gasteiger partial charge < -0.3 is 36.1 Å². The summed E-state index contributed by atoms with van der Waals surface area (Å²) in [6.45, 7) is 7.70. The van der Waals surface area contributed by atoms with Crippen LogP contribution in [-0.2, 0) is 26.2 Å². The predicted octanol–water partition coefficient (Wildman–Crippen LogP) is 2.03. The van der Waals surface area contributed by atoms with Gasteiger partial charge in [0.1, 0.15) is 0 Å². The fourth-order valence-electron chi connectivity index (χ4n) is 4.79. The molecule has 11 nitrogen and oxygen atoms in total. The molecule has 0 radical (unpaired) electrons. The van der Waals surface area contributed by atoms with Crippen LogP contribution in [0.1, 0.15) is 51.8 Å². The Morgan fingerprint density at radius 2 is 1.95 bits per heavy atom. The molecule has 3 amide bonds. The number of nitrogens with one attached hydrogen (secondary N) is 3. The number of benzene rings is 1. The third kappa shape index (κ3) is 8.17. The lowest BCUT2D eigenvalue weighted by molar-refractivity contribution is -0.126. The molecular formula is C27H41ClN6O5. The van der Waals surface area contributed by atoms with E-state index < -0.39 is 29.1 Å². The molecule has 0 aliphatic carbocycles. The van der Waals surface area contributed by atoms with Crippen molar-refractivity contribution in [3.05, 3.63) is 48.0 Å². The predicted molar refractivity (Wildman–Crippen MR) is 151 cm³/mol. The van der Waals surface area contributed by atoms with Crippen LogP contribution in [0.25, 0.3) is 0 Å². The summed E-state index contributed by atoms with van der Waals surface area (Å²) >= 11 is 0. The van der Waals surface area contributed by atoms with Crippen molar-refractivity contribution in [3.8, 4) is 0 Å². The van der Waals surface area contributed by atoms with Crippen LogP contribution in [0.5, 0.6) is 0 Å². The minimum absolute atomic E-state index is 0. The zero-order valence-electron chi connectivity index (χ0n) is 23.2. The van der Waals surface area contributed by atoms with Crippen LogP contribution in [0.15, 0.2) is 36.8 Å². The molecule has 0 spiro atoms. The number of aromatic amines is 1. The molecule has 1 aliphatic heterocycles. The maximum atomic E-state index is 13.5. The molecule has 0 fully saturated rings. The number of hydrogen-bond acceptors (Lipinski definition) is 7. The number of alkyl carbamates (subject to hydrolysis) is 1. The first-order valence-electron chi connectivity index (χ1n) is 12.8. The highest BCUT2D eigenvalue weighted by atomic mass is 35.5. The quantitative estimate of drug-likeness (QED) is 0.295. The molecule has 0 bridgehead atoms. The number of anilines is 1. The Balaban J connectivity index is 0.00000533. The summed E-state index contributed by atoms with van der Waals surface area (Å²) in [4.78, 5) is 46.6. The highest BCUT2D eigenvalue weighted by molar-refractivity contribution is 5.95. The van der Waals surface area contributed by atoms with E-state index in [9.17, 15) is 19.5 Å². The van der Waals surface area contributed by atoms with Gasteiger partial charge in [0.15, 0.2) is 0 Å². The second-order valence-corrected chi connectivity index (χ2v) is 11.2. The number of halogens is 1. The third-order valence-electron chi connectivity index (χ3n) is 7.08. The summed E-state index contributed by atoms with van der Waals surface area (Å²) in [5.41, 5.74) is 7.38. The van der Waals surface area contributed by atoms with Crippen molar-refractivity contribution in [2.45, 2.75) is 70.6 Å². The number of aliphatic hydroxyl groups excluding tert-OH is 1. The summed E-state index contributed by atoms with van der Waals surface area (Å²) in [7, 11) is 1.31. The first kappa shape index (κ1) is 32.1. The van der Waals surface area contributed by atoms with E-state index in [1.165, 1.54) is 13.4 Å². The highest BCUT2D eigenvalue weighted by Gasteiger charge is 2.35. The van der Waals surface area contributed by atoms with Crippen LogP contribution in [0.3, 0.4) is 0 Å². The Bertz CT molecular complexity index is 1120. The summed E-state index contributed by atoms with van der Waals surface area (Å²) in [5.74, 6) is -0.364. The number of fused-ring (bicyclic) bond motifs is 1. The number of imidazole rings is 1. The number of H-pyrrole nitrogens is 1. The second-order valence-electron chi connectivity index (χ2n) is 11.2. The van der Waals surface area contributed by atoms with Gasteiger partial charge in [0.2, 0.25) is 11.8 Å². The molecule has 1 aliphatic rings. The van der Waals surface area contributed by atoms with Crippen LogP contribution >= 0.6 is 12.4 Å². The number of rotatable bonds is 10. The Morgan fingerprint density at radius 3 is 2.59 bits per heavy atom. The van der Waals surface area contributed by atoms with E-state index in [1.54, 1.807) is 24.9 Å². The number of nitrogens with zero attached hydrogens (tertiary/aromatic N) is 2. The van der Waals surface area contributed by atoms with Gasteiger partial charge in [-0.15, -0.1) is 12.4 Å². The fourth-order valence-corrected chi connectivity index (χ4v) is 4.79. The molecule has 2 aromatic rings. The van der Waals surface area contributed by atoms with Gasteiger partial charge in [0, 0.05) is 43.1 Å². The summed E-state index contributed by atoms with van der Waals surface area (Å²) < 4.78 is 4.73. The van der Waals surface area contributed by atoms with E-state index in [0.29, 0.717) is 25.1 Å². The van der Waals surface area contributed by atoms with Crippen LogP contribution in [0, 0.1) is 5.41 Å². The number of hydrogen-bond donors (Lipinski definition) is 5. The van der Waals surface area contributed by atoms with E-state index in [1.807, 2.05) is 38.1 Å². The summed E-state index contributed by atoms with van der Waals surface area (Å²) in [6, 6.07) is 6.70. The minimum atomic E-state index is -0.991. The fraction of sp³-hybridized carbons (Fsp3) is 0.556. The molecule has 2 heterocycles. The Hall–Kier alpha value is -3.15. The number of para-hydroxylation sites is 1. The van der Waals surface area contributed by atoms with Gasteiger partial charge in [-0.25, -0.2) is 9.78 Å². The van der Waals surface area contributed by atoms with Crippen molar-refractivity contribution in [1.82, 2.24) is 20.6 Å². The SMILES string of the molecule is COC(=O)NC1Cc2ccccc2N(C(=O)CC(C)(C)C[C@H](N)[C@@H](O)CNC(=O)C(C)(C)c2cnc[nH]2)C1.Cl. The monoisotopic (exact) mass is 564 g/mol. The van der Waals surface area contributed by atoms with Crippen LogP contribution in [-0.4, -0.2) is 71.4 Å². The average Bonchev–Trinajstić information content (AvgIpc) is 3.41. The highest BCUT2D eigenvalue weighted by Crippen LogP contribution is 2.32. The van der Waals surface area contributed by atoms with Gasteiger partial charge in [0.25, 0.3) is 0 Å². The molecule has 0 saturated heterocycles. The zero-order chi connectivity index (χ0) is 28.1. The van der Waals surface area contributed by atoms with Gasteiger partial charge in [0.05, 0.1) is 31.0 Å². The largest absolute Gasteiger partial charge is 0.453 e. The molecule has 1 aromatic carbocycles. The van der Waals surface area contributed by atoms with Crippen molar-refractivity contribution in [3.63, 3.8) is 0 Å². The topological polar surface area (TPSA) is 163 Å². The number of carbonyl (C=O) groups excluding carboxylic acids is 3. The molecule has 0 saturated carbocycles. The van der Waals surface area contributed by atoms with Gasteiger partial charge in [-0.2, -0.15) is 0 Å². The van der Waals surface area contributed by atoms with Gasteiger partial charge >= 0.3 is 6.09 Å². The number of aromatic nitrogens is 2. The van der Waals surface area contributed by atoms with Crippen molar-refractivity contribution in [2.75, 3.05) is 25.1 Å². The van der Waals surface area contributed by atoms with Gasteiger partial charge in [-0.1, -0.05) is 32.0 Å². The molecule has 3 atom stereocenters. The first-order valence-corrected chi connectivity index (χ1v) is 12.8. The van der Waals surface area contributed by atoms with E-state index in [2.05, 4.69) is 20.6 Å². The van der Waals surface area contributed by atoms with E-state index >= 15 is 0 Å². The Morgan fingerprint density at radius 1 is 1.26 bits per heavy atom. The number of nitrogens with two attached hydrogens (primary N) is 1. The summed E-state index contributed by atoms with van der Waals surface area (Å²) in [6.07, 6.45) is 2.72. The minimum Gasteiger partial charge on any atom is -0.453 e. The average molecular weight is 565 g/mol. The van der Waals surface area contributed by atoms with Crippen molar-refractivity contribution < 1.29 is 24.2 Å². The number of amides is 3. The molecule has 39 heavy (non-hydrogen) atoms. The lowest BCUT2D eigenvalue weighted by Gasteiger charge is -2.37. The smallest absolute Gasteiger partial charge is 0.407 e. The third-order valence-corrected chi connectivity index (χ3v) is 7.08. The number of ether oxygens (including phenoxy) is 1. The lowest BCUT2D eigenvalue weighted by atomic mass is 9.80.